The maximum Gasteiger partial charge on any atom is 0.303 e. The molecule has 0 rings (SSSR count). The van der Waals surface area contributed by atoms with Gasteiger partial charge in [-0.1, -0.05) is 74.8 Å². The second-order valence-corrected chi connectivity index (χ2v) is 5.74. The molecule has 3 N–H and O–H groups in total. The lowest BCUT2D eigenvalue weighted by atomic mass is 10.1. The van der Waals surface area contributed by atoms with E-state index in [1.54, 1.807) is 12.2 Å². The summed E-state index contributed by atoms with van der Waals surface area (Å²) in [7, 11) is 0. The topological polar surface area (TPSA) is 77.8 Å². The molecule has 0 radical (unpaired) electrons. The molecule has 0 unspecified atom stereocenters. The van der Waals surface area contributed by atoms with Crippen LogP contribution >= 0.6 is 0 Å². The van der Waals surface area contributed by atoms with Gasteiger partial charge in [-0.15, -0.1) is 0 Å². The molecule has 0 aromatic carbocycles. The molecule has 0 fully saturated rings. The quantitative estimate of drug-likeness (QED) is 0.253. The average molecular weight is 336 g/mol. The van der Waals surface area contributed by atoms with Crippen LogP contribution in [0.25, 0.3) is 0 Å². The molecule has 0 aromatic heterocycles. The normalized spacial score (nSPS) is 15.1. The Morgan fingerprint density at radius 2 is 1.71 bits per heavy atom. The highest BCUT2D eigenvalue weighted by molar-refractivity contribution is 5.66. The van der Waals surface area contributed by atoms with Crippen molar-refractivity contribution in [3.63, 3.8) is 0 Å². The first-order valence-electron chi connectivity index (χ1n) is 8.80. The van der Waals surface area contributed by atoms with Crippen molar-refractivity contribution < 1.29 is 20.1 Å². The monoisotopic (exact) mass is 336 g/mol. The van der Waals surface area contributed by atoms with E-state index >= 15 is 0 Å². The number of allylic oxidation sites excluding steroid dienone is 7. The highest BCUT2D eigenvalue weighted by Crippen LogP contribution is 2.07. The second kappa shape index (κ2) is 16.2. The maximum atomic E-state index is 10.3. The molecule has 0 heterocycles. The van der Waals surface area contributed by atoms with Crippen molar-refractivity contribution in [2.24, 2.45) is 0 Å². The molecule has 4 nitrogen and oxygen atoms in total. The van der Waals surface area contributed by atoms with Crippen molar-refractivity contribution in [3.05, 3.63) is 48.6 Å². The molecule has 0 bridgehead atoms. The molecular weight excluding hydrogens is 304 g/mol. The van der Waals surface area contributed by atoms with Crippen LogP contribution in [0.15, 0.2) is 48.6 Å². The zero-order valence-electron chi connectivity index (χ0n) is 14.7. The van der Waals surface area contributed by atoms with Gasteiger partial charge in [0.15, 0.2) is 0 Å². The summed E-state index contributed by atoms with van der Waals surface area (Å²) in [5, 5.41) is 28.0. The van der Waals surface area contributed by atoms with Gasteiger partial charge in [0.1, 0.15) is 0 Å². The summed E-state index contributed by atoms with van der Waals surface area (Å²) in [4.78, 5) is 10.3. The number of hydrogen-bond donors (Lipinski definition) is 3. The molecule has 136 valence electrons. The summed E-state index contributed by atoms with van der Waals surface area (Å²) >= 11 is 0. The van der Waals surface area contributed by atoms with Gasteiger partial charge in [0.25, 0.3) is 0 Å². The maximum absolute atomic E-state index is 10.3. The van der Waals surface area contributed by atoms with E-state index < -0.39 is 18.2 Å². The Morgan fingerprint density at radius 1 is 0.958 bits per heavy atom. The lowest BCUT2D eigenvalue weighted by Gasteiger charge is -2.13. The highest BCUT2D eigenvalue weighted by Gasteiger charge is 2.11. The number of unbranched alkanes of at least 4 members (excludes halogenated alkanes) is 3. The Hall–Kier alpha value is -1.65. The van der Waals surface area contributed by atoms with E-state index in [0.717, 1.165) is 32.1 Å². The number of aliphatic hydroxyl groups excluding tert-OH is 2. The van der Waals surface area contributed by atoms with Gasteiger partial charge in [0.2, 0.25) is 0 Å². The Morgan fingerprint density at radius 3 is 2.42 bits per heavy atom. The number of carboxylic acid groups (broad SMARTS) is 1. The van der Waals surface area contributed by atoms with Crippen molar-refractivity contribution in [1.29, 1.82) is 0 Å². The smallest absolute Gasteiger partial charge is 0.303 e. The number of hydrogen-bond acceptors (Lipinski definition) is 3. The molecule has 0 saturated heterocycles. The molecule has 0 aliphatic rings. The van der Waals surface area contributed by atoms with Crippen LogP contribution in [0.1, 0.15) is 58.3 Å². The van der Waals surface area contributed by atoms with Gasteiger partial charge < -0.3 is 15.3 Å². The number of carbonyl (C=O) groups is 1. The lowest BCUT2D eigenvalue weighted by molar-refractivity contribution is -0.137. The van der Waals surface area contributed by atoms with Crippen LogP contribution in [0.3, 0.4) is 0 Å². The zero-order chi connectivity index (χ0) is 18.0. The third kappa shape index (κ3) is 15.3. The minimum Gasteiger partial charge on any atom is -0.481 e. The van der Waals surface area contributed by atoms with E-state index in [2.05, 4.69) is 6.92 Å². The van der Waals surface area contributed by atoms with Gasteiger partial charge in [0.05, 0.1) is 12.2 Å². The Kier molecular flexibility index (Phi) is 15.1. The molecule has 2 atom stereocenters. The molecule has 4 heteroatoms. The third-order valence-electron chi connectivity index (χ3n) is 3.48. The van der Waals surface area contributed by atoms with Crippen LogP contribution in [0.2, 0.25) is 0 Å². The minimum atomic E-state index is -0.816. The molecule has 0 spiro atoms. The van der Waals surface area contributed by atoms with Crippen LogP contribution in [0, 0.1) is 0 Å². The molecule has 0 aliphatic carbocycles. The van der Waals surface area contributed by atoms with Crippen LogP contribution in [-0.2, 0) is 4.79 Å². The largest absolute Gasteiger partial charge is 0.481 e. The summed E-state index contributed by atoms with van der Waals surface area (Å²) in [5.41, 5.74) is 0. The molecule has 0 aromatic rings. The van der Waals surface area contributed by atoms with Crippen LogP contribution in [0.5, 0.6) is 0 Å². The van der Waals surface area contributed by atoms with Crippen molar-refractivity contribution in [3.8, 4) is 0 Å². The molecule has 0 aliphatic heterocycles. The van der Waals surface area contributed by atoms with Crippen LogP contribution < -0.4 is 0 Å². The van der Waals surface area contributed by atoms with Gasteiger partial charge in [-0.2, -0.15) is 0 Å². The van der Waals surface area contributed by atoms with Gasteiger partial charge in [-0.05, 0) is 25.7 Å². The predicted molar refractivity (Wildman–Crippen MR) is 98.8 cm³/mol. The Bertz CT molecular complexity index is 421. The highest BCUT2D eigenvalue weighted by atomic mass is 16.4. The van der Waals surface area contributed by atoms with Crippen LogP contribution in [0.4, 0.5) is 0 Å². The number of rotatable bonds is 14. The third-order valence-corrected chi connectivity index (χ3v) is 3.48. The van der Waals surface area contributed by atoms with Crippen molar-refractivity contribution in [2.75, 3.05) is 0 Å². The SMILES string of the molecule is CCCCC[C@H](O)[C@@H](O)/C=C/C=C/C=C\C/C=C\CCCC(=O)O. The predicted octanol–water partition coefficient (Wildman–Crippen LogP) is 4.16. The number of aliphatic hydroxyl groups is 2. The number of carboxylic acids is 1. The second-order valence-electron chi connectivity index (χ2n) is 5.74. The molecule has 0 amide bonds. The summed E-state index contributed by atoms with van der Waals surface area (Å²) in [6.07, 6.45) is 19.6. The van der Waals surface area contributed by atoms with Crippen molar-refractivity contribution >= 4 is 5.97 Å². The van der Waals surface area contributed by atoms with Crippen LogP contribution in [-0.4, -0.2) is 33.5 Å². The fourth-order valence-corrected chi connectivity index (χ4v) is 2.03. The number of aliphatic carboxylic acids is 1. The van der Waals surface area contributed by atoms with Crippen molar-refractivity contribution in [2.45, 2.75) is 70.5 Å². The van der Waals surface area contributed by atoms with Gasteiger partial charge in [0, 0.05) is 6.42 Å². The van der Waals surface area contributed by atoms with E-state index in [9.17, 15) is 15.0 Å². The standard InChI is InChI=1S/C20H32O4/c1-2-3-12-15-18(21)19(22)16-13-10-8-6-4-5-7-9-11-14-17-20(23)24/h4,6-10,13,16,18-19,21-22H,2-3,5,11-12,14-15,17H2,1H3,(H,23,24)/b6-4-,9-7-,10-8+,16-13+/t18-,19-/m0/s1. The van der Waals surface area contributed by atoms with Gasteiger partial charge >= 0.3 is 5.97 Å². The fourth-order valence-electron chi connectivity index (χ4n) is 2.03. The average Bonchev–Trinajstić information content (AvgIpc) is 2.55. The molecule has 24 heavy (non-hydrogen) atoms. The summed E-state index contributed by atoms with van der Waals surface area (Å²) in [6.45, 7) is 2.11. The molecular formula is C20H32O4. The minimum absolute atomic E-state index is 0.217. The van der Waals surface area contributed by atoms with E-state index in [-0.39, 0.29) is 6.42 Å². The van der Waals surface area contributed by atoms with E-state index in [1.165, 1.54) is 0 Å². The van der Waals surface area contributed by atoms with Gasteiger partial charge in [-0.3, -0.25) is 4.79 Å². The van der Waals surface area contributed by atoms with Gasteiger partial charge in [-0.25, -0.2) is 0 Å². The Balaban J connectivity index is 3.78. The zero-order valence-corrected chi connectivity index (χ0v) is 14.7. The summed E-state index contributed by atoms with van der Waals surface area (Å²) in [6, 6.07) is 0. The first kappa shape index (κ1) is 22.4. The Labute approximate surface area is 145 Å². The van der Waals surface area contributed by atoms with Crippen molar-refractivity contribution in [1.82, 2.24) is 0 Å². The van der Waals surface area contributed by atoms with E-state index in [1.807, 2.05) is 36.5 Å². The van der Waals surface area contributed by atoms with E-state index in [4.69, 9.17) is 5.11 Å². The van der Waals surface area contributed by atoms with E-state index in [0.29, 0.717) is 12.8 Å². The summed E-state index contributed by atoms with van der Waals surface area (Å²) in [5.74, 6) is -0.750. The molecule has 0 saturated carbocycles. The fraction of sp³-hybridized carbons (Fsp3) is 0.550. The first-order valence-corrected chi connectivity index (χ1v) is 8.80. The first-order chi connectivity index (χ1) is 11.6. The lowest BCUT2D eigenvalue weighted by Crippen LogP contribution is -2.23. The summed E-state index contributed by atoms with van der Waals surface area (Å²) < 4.78 is 0.